The van der Waals surface area contributed by atoms with E-state index in [0.29, 0.717) is 4.75 Å². The molecule has 2 unspecified atom stereocenters. The van der Waals surface area contributed by atoms with E-state index in [1.807, 2.05) is 11.8 Å². The maximum Gasteiger partial charge on any atom is 0.223 e. The molecule has 0 aromatic heterocycles. The summed E-state index contributed by atoms with van der Waals surface area (Å²) in [6.45, 7) is 0.846. The zero-order valence-corrected chi connectivity index (χ0v) is 10.8. The Morgan fingerprint density at radius 3 is 2.81 bits per heavy atom. The fourth-order valence-corrected chi connectivity index (χ4v) is 3.18. The van der Waals surface area contributed by atoms with Crippen LogP contribution in [0.1, 0.15) is 38.5 Å². The molecule has 3 nitrogen and oxygen atoms in total. The number of nitrogens with two attached hydrogens (primary N) is 1. The fourth-order valence-electron chi connectivity index (χ4n) is 2.45. The molecule has 2 atom stereocenters. The van der Waals surface area contributed by atoms with Gasteiger partial charge in [-0.3, -0.25) is 4.79 Å². The molecule has 0 saturated heterocycles. The summed E-state index contributed by atoms with van der Waals surface area (Å²) in [6, 6.07) is 0.236. The number of hydrogen-bond acceptors (Lipinski definition) is 3. The van der Waals surface area contributed by atoms with Crippen molar-refractivity contribution in [3.8, 4) is 0 Å². The average Bonchev–Trinajstić information content (AvgIpc) is 3.07. The highest BCUT2D eigenvalue weighted by Gasteiger charge is 2.42. The Hall–Kier alpha value is -0.220. The standard InChI is InChI=1S/C12H22N2OS/c1-16-12(5-6-12)8-14-11(15)9-3-2-4-10(13)7-9/h9-10H,2-8,13H2,1H3,(H,14,15). The fraction of sp³-hybridized carbons (Fsp3) is 0.917. The second kappa shape index (κ2) is 4.96. The lowest BCUT2D eigenvalue weighted by molar-refractivity contribution is -0.126. The van der Waals surface area contributed by atoms with Gasteiger partial charge in [0.05, 0.1) is 0 Å². The van der Waals surface area contributed by atoms with E-state index < -0.39 is 0 Å². The first-order valence-corrected chi connectivity index (χ1v) is 7.46. The number of hydrogen-bond donors (Lipinski definition) is 2. The van der Waals surface area contributed by atoms with Crippen LogP contribution in [0.5, 0.6) is 0 Å². The highest BCUT2D eigenvalue weighted by Crippen LogP contribution is 2.46. The average molecular weight is 242 g/mol. The summed E-state index contributed by atoms with van der Waals surface area (Å²) in [5.41, 5.74) is 5.90. The van der Waals surface area contributed by atoms with Crippen molar-refractivity contribution in [2.24, 2.45) is 11.7 Å². The maximum atomic E-state index is 12.0. The summed E-state index contributed by atoms with van der Waals surface area (Å²) in [5.74, 6) is 0.400. The first-order chi connectivity index (χ1) is 7.65. The second-order valence-electron chi connectivity index (χ2n) is 5.23. The summed E-state index contributed by atoms with van der Waals surface area (Å²) in [4.78, 5) is 12.0. The third kappa shape index (κ3) is 2.92. The van der Waals surface area contributed by atoms with Crippen molar-refractivity contribution in [2.75, 3.05) is 12.8 Å². The van der Waals surface area contributed by atoms with E-state index in [1.165, 1.54) is 12.8 Å². The molecule has 2 saturated carbocycles. The lowest BCUT2D eigenvalue weighted by Gasteiger charge is -2.26. The molecule has 2 rings (SSSR count). The molecule has 16 heavy (non-hydrogen) atoms. The number of rotatable bonds is 4. The van der Waals surface area contributed by atoms with Crippen LogP contribution in [-0.2, 0) is 4.79 Å². The first-order valence-electron chi connectivity index (χ1n) is 6.24. The van der Waals surface area contributed by atoms with Gasteiger partial charge in [-0.25, -0.2) is 0 Å². The van der Waals surface area contributed by atoms with Gasteiger partial charge in [-0.15, -0.1) is 0 Å². The van der Waals surface area contributed by atoms with Crippen LogP contribution < -0.4 is 11.1 Å². The molecule has 2 aliphatic rings. The van der Waals surface area contributed by atoms with Crippen LogP contribution in [0, 0.1) is 5.92 Å². The predicted molar refractivity (Wildman–Crippen MR) is 68.4 cm³/mol. The SMILES string of the molecule is CSC1(CNC(=O)C2CCCC(N)C2)CC1. The molecule has 2 fully saturated rings. The van der Waals surface area contributed by atoms with Crippen molar-refractivity contribution >= 4 is 17.7 Å². The Morgan fingerprint density at radius 2 is 2.25 bits per heavy atom. The van der Waals surface area contributed by atoms with Crippen LogP contribution in [-0.4, -0.2) is 29.5 Å². The molecule has 0 spiro atoms. The van der Waals surface area contributed by atoms with Gasteiger partial charge in [0.15, 0.2) is 0 Å². The molecule has 0 aromatic carbocycles. The maximum absolute atomic E-state index is 12.0. The van der Waals surface area contributed by atoms with Gasteiger partial charge in [0.1, 0.15) is 0 Å². The largest absolute Gasteiger partial charge is 0.354 e. The Balaban J connectivity index is 1.75. The number of carbonyl (C=O) groups is 1. The zero-order valence-electron chi connectivity index (χ0n) is 10.00. The summed E-state index contributed by atoms with van der Waals surface area (Å²) in [7, 11) is 0. The third-order valence-electron chi connectivity index (χ3n) is 3.91. The van der Waals surface area contributed by atoms with Gasteiger partial charge in [0.25, 0.3) is 0 Å². The summed E-state index contributed by atoms with van der Waals surface area (Å²) >= 11 is 1.89. The zero-order chi connectivity index (χ0) is 11.6. The van der Waals surface area contributed by atoms with Crippen LogP contribution in [0.25, 0.3) is 0 Å². The first kappa shape index (κ1) is 12.2. The van der Waals surface area contributed by atoms with E-state index >= 15 is 0 Å². The van der Waals surface area contributed by atoms with Gasteiger partial charge >= 0.3 is 0 Å². The van der Waals surface area contributed by atoms with Gasteiger partial charge in [0, 0.05) is 23.3 Å². The minimum atomic E-state index is 0.168. The molecule has 92 valence electrons. The molecule has 1 amide bonds. The molecule has 0 aliphatic heterocycles. The Bertz CT molecular complexity index is 266. The summed E-state index contributed by atoms with van der Waals surface area (Å²) in [5, 5.41) is 3.11. The number of amides is 1. The monoisotopic (exact) mass is 242 g/mol. The summed E-state index contributed by atoms with van der Waals surface area (Å²) < 4.78 is 0.368. The van der Waals surface area contributed by atoms with E-state index in [1.54, 1.807) is 0 Å². The lowest BCUT2D eigenvalue weighted by Crippen LogP contribution is -2.40. The molecule has 4 heteroatoms. The van der Waals surface area contributed by atoms with E-state index in [-0.39, 0.29) is 17.9 Å². The summed E-state index contributed by atoms with van der Waals surface area (Å²) in [6.07, 6.45) is 8.71. The van der Waals surface area contributed by atoms with Crippen molar-refractivity contribution in [3.05, 3.63) is 0 Å². The molecule has 3 N–H and O–H groups in total. The van der Waals surface area contributed by atoms with Crippen LogP contribution in [0.3, 0.4) is 0 Å². The van der Waals surface area contributed by atoms with E-state index in [2.05, 4.69) is 11.6 Å². The predicted octanol–water partition coefficient (Wildman–Crippen LogP) is 1.52. The highest BCUT2D eigenvalue weighted by atomic mass is 32.2. The van der Waals surface area contributed by atoms with E-state index in [9.17, 15) is 4.79 Å². The second-order valence-corrected chi connectivity index (χ2v) is 6.50. The van der Waals surface area contributed by atoms with Crippen molar-refractivity contribution in [3.63, 3.8) is 0 Å². The topological polar surface area (TPSA) is 55.1 Å². The van der Waals surface area contributed by atoms with Gasteiger partial charge < -0.3 is 11.1 Å². The Morgan fingerprint density at radius 1 is 1.50 bits per heavy atom. The van der Waals surface area contributed by atoms with E-state index in [4.69, 9.17) is 5.73 Å². The van der Waals surface area contributed by atoms with Crippen molar-refractivity contribution in [2.45, 2.75) is 49.3 Å². The quantitative estimate of drug-likeness (QED) is 0.786. The van der Waals surface area contributed by atoms with Gasteiger partial charge in [0.2, 0.25) is 5.91 Å². The van der Waals surface area contributed by atoms with Crippen molar-refractivity contribution in [1.29, 1.82) is 0 Å². The van der Waals surface area contributed by atoms with Gasteiger partial charge in [-0.2, -0.15) is 11.8 Å². The molecule has 0 radical (unpaired) electrons. The van der Waals surface area contributed by atoms with Crippen LogP contribution in [0.2, 0.25) is 0 Å². The van der Waals surface area contributed by atoms with Crippen LogP contribution in [0.15, 0.2) is 0 Å². The highest BCUT2D eigenvalue weighted by molar-refractivity contribution is 8.00. The molecule has 0 heterocycles. The third-order valence-corrected chi connectivity index (χ3v) is 5.33. The number of carbonyl (C=O) groups excluding carboxylic acids is 1. The van der Waals surface area contributed by atoms with Crippen molar-refractivity contribution < 1.29 is 4.79 Å². The van der Waals surface area contributed by atoms with Gasteiger partial charge in [-0.1, -0.05) is 6.42 Å². The smallest absolute Gasteiger partial charge is 0.223 e. The number of thioether (sulfide) groups is 1. The van der Waals surface area contributed by atoms with Crippen LogP contribution >= 0.6 is 11.8 Å². The molecular formula is C12H22N2OS. The molecule has 0 bridgehead atoms. The Labute approximate surface area is 102 Å². The Kier molecular flexibility index (Phi) is 3.80. The molecular weight excluding hydrogens is 220 g/mol. The van der Waals surface area contributed by atoms with Gasteiger partial charge in [-0.05, 0) is 38.4 Å². The normalized spacial score (nSPS) is 32.1. The lowest BCUT2D eigenvalue weighted by atomic mass is 9.85. The van der Waals surface area contributed by atoms with Crippen molar-refractivity contribution in [1.82, 2.24) is 5.32 Å². The van der Waals surface area contributed by atoms with Crippen LogP contribution in [0.4, 0.5) is 0 Å². The van der Waals surface area contributed by atoms with E-state index in [0.717, 1.165) is 32.2 Å². The molecule has 2 aliphatic carbocycles. The molecule has 0 aromatic rings. The minimum Gasteiger partial charge on any atom is -0.354 e. The minimum absolute atomic E-state index is 0.168. The number of nitrogens with one attached hydrogen (secondary N) is 1.